The Balaban J connectivity index is 1.44. The molecule has 7 aromatic carbocycles. The lowest BCUT2D eigenvalue weighted by atomic mass is 9.84. The SMILES string of the molecule is c1ccc(-c2cccc(-c3c4ccccc4c(-c4c5occc5cc5c4oc4ccccc45)c4ccccc34)c2)cc1. The van der Waals surface area contributed by atoms with Crippen LogP contribution in [0.4, 0.5) is 0 Å². The molecule has 42 heavy (non-hydrogen) atoms. The van der Waals surface area contributed by atoms with Crippen molar-refractivity contribution in [3.63, 3.8) is 0 Å². The highest BCUT2D eigenvalue weighted by molar-refractivity contribution is 6.27. The summed E-state index contributed by atoms with van der Waals surface area (Å²) < 4.78 is 12.9. The van der Waals surface area contributed by atoms with Gasteiger partial charge >= 0.3 is 0 Å². The average molecular weight is 537 g/mol. The Kier molecular flexibility index (Phi) is 4.93. The Hall–Kier alpha value is -5.60. The van der Waals surface area contributed by atoms with Crippen LogP contribution in [0.3, 0.4) is 0 Å². The molecule has 2 heterocycles. The number of benzene rings is 7. The van der Waals surface area contributed by atoms with Crippen LogP contribution < -0.4 is 0 Å². The second-order valence-corrected chi connectivity index (χ2v) is 10.9. The summed E-state index contributed by atoms with van der Waals surface area (Å²) in [6.45, 7) is 0. The van der Waals surface area contributed by atoms with Crippen LogP contribution in [0.5, 0.6) is 0 Å². The van der Waals surface area contributed by atoms with E-state index in [-0.39, 0.29) is 0 Å². The Bertz CT molecular complexity index is 2400. The van der Waals surface area contributed by atoms with Gasteiger partial charge < -0.3 is 8.83 Å². The Morgan fingerprint density at radius 3 is 1.69 bits per heavy atom. The summed E-state index contributed by atoms with van der Waals surface area (Å²) in [4.78, 5) is 0. The molecule has 2 heteroatoms. The molecule has 0 aliphatic carbocycles. The van der Waals surface area contributed by atoms with E-state index in [4.69, 9.17) is 8.83 Å². The van der Waals surface area contributed by atoms with Crippen molar-refractivity contribution in [3.8, 4) is 33.4 Å². The van der Waals surface area contributed by atoms with Gasteiger partial charge in [-0.2, -0.15) is 0 Å². The molecule has 0 bridgehead atoms. The lowest BCUT2D eigenvalue weighted by Crippen LogP contribution is -1.92. The van der Waals surface area contributed by atoms with Crippen LogP contribution in [0.15, 0.2) is 155 Å². The third kappa shape index (κ3) is 3.33. The predicted octanol–water partition coefficient (Wildman–Crippen LogP) is 11.6. The third-order valence-electron chi connectivity index (χ3n) is 8.52. The molecule has 0 unspecified atom stereocenters. The standard InChI is InChI=1S/C40H24O2/c1-2-11-25(12-3-1)26-13-10-14-27(23-26)36-30-16-4-6-18-32(30)37(33-19-7-5-17-31(33)36)38-39-28(21-22-41-39)24-34-29-15-8-9-20-35(29)42-40(34)38/h1-24H. The van der Waals surface area contributed by atoms with Crippen LogP contribution in [0.25, 0.3) is 87.8 Å². The van der Waals surface area contributed by atoms with Crippen molar-refractivity contribution >= 4 is 54.5 Å². The van der Waals surface area contributed by atoms with Gasteiger partial charge in [-0.1, -0.05) is 115 Å². The summed E-state index contributed by atoms with van der Waals surface area (Å²) in [6, 6.07) is 49.5. The quantitative estimate of drug-likeness (QED) is 0.210. The zero-order valence-corrected chi connectivity index (χ0v) is 22.7. The molecule has 0 saturated carbocycles. The van der Waals surface area contributed by atoms with E-state index >= 15 is 0 Å². The zero-order valence-electron chi connectivity index (χ0n) is 22.7. The maximum atomic E-state index is 6.63. The highest BCUT2D eigenvalue weighted by Gasteiger charge is 2.24. The number of hydrogen-bond donors (Lipinski definition) is 0. The molecule has 0 fully saturated rings. The van der Waals surface area contributed by atoms with Gasteiger partial charge in [0.25, 0.3) is 0 Å². The van der Waals surface area contributed by atoms with Gasteiger partial charge in [0, 0.05) is 21.7 Å². The number of fused-ring (bicyclic) bond motifs is 6. The predicted molar refractivity (Wildman–Crippen MR) is 175 cm³/mol. The van der Waals surface area contributed by atoms with Crippen molar-refractivity contribution < 1.29 is 8.83 Å². The van der Waals surface area contributed by atoms with E-state index < -0.39 is 0 Å². The Morgan fingerprint density at radius 2 is 0.952 bits per heavy atom. The minimum atomic E-state index is 0.843. The van der Waals surface area contributed by atoms with E-state index in [2.05, 4.69) is 121 Å². The molecule has 0 amide bonds. The fourth-order valence-electron chi connectivity index (χ4n) is 6.71. The second-order valence-electron chi connectivity index (χ2n) is 10.9. The normalized spacial score (nSPS) is 11.8. The van der Waals surface area contributed by atoms with E-state index in [9.17, 15) is 0 Å². The van der Waals surface area contributed by atoms with Crippen molar-refractivity contribution in [2.45, 2.75) is 0 Å². The van der Waals surface area contributed by atoms with Crippen LogP contribution >= 0.6 is 0 Å². The highest BCUT2D eigenvalue weighted by Crippen LogP contribution is 2.49. The van der Waals surface area contributed by atoms with Gasteiger partial charge in [-0.15, -0.1) is 0 Å². The van der Waals surface area contributed by atoms with Crippen molar-refractivity contribution in [2.75, 3.05) is 0 Å². The summed E-state index contributed by atoms with van der Waals surface area (Å²) in [5, 5.41) is 8.01. The fourth-order valence-corrected chi connectivity index (χ4v) is 6.71. The minimum Gasteiger partial charge on any atom is -0.464 e. The molecule has 0 saturated heterocycles. The number of hydrogen-bond acceptors (Lipinski definition) is 2. The Morgan fingerprint density at radius 1 is 0.357 bits per heavy atom. The van der Waals surface area contributed by atoms with Crippen LogP contribution in [-0.4, -0.2) is 0 Å². The number of rotatable bonds is 3. The molecule has 0 atom stereocenters. The third-order valence-corrected chi connectivity index (χ3v) is 8.52. The maximum absolute atomic E-state index is 6.63. The van der Waals surface area contributed by atoms with Gasteiger partial charge in [0.2, 0.25) is 0 Å². The summed E-state index contributed by atoms with van der Waals surface area (Å²) in [6.07, 6.45) is 1.78. The molecule has 0 N–H and O–H groups in total. The largest absolute Gasteiger partial charge is 0.464 e. The summed E-state index contributed by atoms with van der Waals surface area (Å²) in [7, 11) is 0. The molecule has 0 spiro atoms. The van der Waals surface area contributed by atoms with Gasteiger partial charge in [-0.05, 0) is 68.1 Å². The highest BCUT2D eigenvalue weighted by atomic mass is 16.3. The van der Waals surface area contributed by atoms with Gasteiger partial charge in [0.05, 0.1) is 11.8 Å². The lowest BCUT2D eigenvalue weighted by Gasteiger charge is -2.18. The van der Waals surface area contributed by atoms with Crippen LogP contribution in [-0.2, 0) is 0 Å². The molecule has 0 radical (unpaired) electrons. The molecule has 0 aliphatic rings. The molecular weight excluding hydrogens is 512 g/mol. The average Bonchev–Trinajstić information content (AvgIpc) is 3.68. The molecule has 9 aromatic rings. The van der Waals surface area contributed by atoms with Gasteiger partial charge in [-0.3, -0.25) is 0 Å². The van der Waals surface area contributed by atoms with Crippen molar-refractivity contribution in [1.29, 1.82) is 0 Å². The minimum absolute atomic E-state index is 0.843. The molecule has 0 aliphatic heterocycles. The van der Waals surface area contributed by atoms with E-state index in [1.807, 2.05) is 18.2 Å². The zero-order chi connectivity index (χ0) is 27.6. The smallest absolute Gasteiger partial charge is 0.147 e. The first-order valence-corrected chi connectivity index (χ1v) is 14.3. The molecule has 2 nitrogen and oxygen atoms in total. The van der Waals surface area contributed by atoms with Crippen LogP contribution in [0, 0.1) is 0 Å². The molecule has 196 valence electrons. The van der Waals surface area contributed by atoms with Gasteiger partial charge in [0.1, 0.15) is 16.7 Å². The topological polar surface area (TPSA) is 26.3 Å². The summed E-state index contributed by atoms with van der Waals surface area (Å²) >= 11 is 0. The van der Waals surface area contributed by atoms with E-state index in [1.165, 1.54) is 43.8 Å². The molecule has 9 rings (SSSR count). The van der Waals surface area contributed by atoms with E-state index in [0.717, 1.165) is 44.0 Å². The first kappa shape index (κ1) is 23.1. The van der Waals surface area contributed by atoms with Crippen LogP contribution in [0.2, 0.25) is 0 Å². The van der Waals surface area contributed by atoms with Crippen molar-refractivity contribution in [2.24, 2.45) is 0 Å². The lowest BCUT2D eigenvalue weighted by molar-refractivity contribution is 0.615. The summed E-state index contributed by atoms with van der Waals surface area (Å²) in [5.41, 5.74) is 9.55. The van der Waals surface area contributed by atoms with Gasteiger partial charge in [-0.25, -0.2) is 0 Å². The van der Waals surface area contributed by atoms with Crippen molar-refractivity contribution in [1.82, 2.24) is 0 Å². The van der Waals surface area contributed by atoms with E-state index in [1.54, 1.807) is 6.26 Å². The monoisotopic (exact) mass is 536 g/mol. The fraction of sp³-hybridized carbons (Fsp3) is 0. The van der Waals surface area contributed by atoms with E-state index in [0.29, 0.717) is 0 Å². The first-order chi connectivity index (χ1) is 20.8. The second kappa shape index (κ2) is 8.95. The number of furan rings is 2. The Labute approximate surface area is 242 Å². The maximum Gasteiger partial charge on any atom is 0.147 e. The molecule has 2 aromatic heterocycles. The summed E-state index contributed by atoms with van der Waals surface area (Å²) in [5.74, 6) is 0. The number of para-hydroxylation sites is 1. The van der Waals surface area contributed by atoms with Gasteiger partial charge in [0.15, 0.2) is 0 Å². The first-order valence-electron chi connectivity index (χ1n) is 14.3. The van der Waals surface area contributed by atoms with Crippen LogP contribution in [0.1, 0.15) is 0 Å². The van der Waals surface area contributed by atoms with Crippen molar-refractivity contribution in [3.05, 3.63) is 146 Å². The molecular formula is C40H24O2.